The third-order valence-electron chi connectivity index (χ3n) is 11.1. The first-order valence-corrected chi connectivity index (χ1v) is 17.6. The second kappa shape index (κ2) is 13.9. The van der Waals surface area contributed by atoms with Crippen LogP contribution in [0.15, 0.2) is 42.6 Å². The number of piperidine rings is 3. The van der Waals surface area contributed by atoms with Gasteiger partial charge >= 0.3 is 12.1 Å². The molecule has 1 atom stereocenters. The molecule has 0 saturated carbocycles. The van der Waals surface area contributed by atoms with Crippen LogP contribution in [0.2, 0.25) is 0 Å². The monoisotopic (exact) mass is 640 g/mol. The van der Waals surface area contributed by atoms with E-state index >= 15 is 0 Å². The van der Waals surface area contributed by atoms with Crippen molar-refractivity contribution < 1.29 is 14.4 Å². The molecule has 1 unspecified atom stereocenters. The van der Waals surface area contributed by atoms with Crippen molar-refractivity contribution in [1.29, 1.82) is 0 Å². The number of likely N-dealkylation sites (tertiary alicyclic amines) is 2. The van der Waals surface area contributed by atoms with Gasteiger partial charge in [0.25, 0.3) is 0 Å². The number of para-hydroxylation sites is 1. The standard InChI is InChI=1S/C36H48N8O3/c1-24-20-25(21-29-23-38-41-33(24)29)22-32(34(45)42-15-8-27(9-16-42)26-6-13-37-14-7-26)40-35(46)43-17-11-30(12-18-43)44-19-10-28-4-2-3-5-31(28)39-36(44)47/h2-5,20-21,23,26-27,30,32,37H,6-19,22H2,1H3,(H,38,41)(H,39,47)(H,40,46). The molecule has 0 bridgehead atoms. The molecule has 0 aliphatic carbocycles. The Morgan fingerprint density at radius 2 is 1.66 bits per heavy atom. The Morgan fingerprint density at radius 1 is 0.936 bits per heavy atom. The third kappa shape index (κ3) is 6.95. The van der Waals surface area contributed by atoms with E-state index in [1.807, 2.05) is 39.8 Å². The Bertz CT molecular complexity index is 1580. The van der Waals surface area contributed by atoms with Gasteiger partial charge in [-0.25, -0.2) is 9.59 Å². The fraction of sp³-hybridized carbons (Fsp3) is 0.556. The van der Waals surface area contributed by atoms with Crippen LogP contribution in [0.4, 0.5) is 15.3 Å². The second-order valence-corrected chi connectivity index (χ2v) is 14.0. The zero-order valence-corrected chi connectivity index (χ0v) is 27.5. The number of nitrogens with zero attached hydrogens (tertiary/aromatic N) is 4. The number of aromatic amines is 1. The Balaban J connectivity index is 1.00. The number of fused-ring (bicyclic) bond motifs is 2. The van der Waals surface area contributed by atoms with Crippen molar-refractivity contribution in [3.63, 3.8) is 0 Å². The SMILES string of the molecule is Cc1cc(CC(NC(=O)N2CCC(N3CCc4ccccc4NC3=O)CC2)C(=O)N2CCC(C3CCNCC3)CC2)cc2cn[nH]c12. The molecule has 47 heavy (non-hydrogen) atoms. The summed E-state index contributed by atoms with van der Waals surface area (Å²) in [6.07, 6.45) is 8.94. The molecule has 4 aliphatic heterocycles. The largest absolute Gasteiger partial charge is 0.341 e. The van der Waals surface area contributed by atoms with E-state index in [2.05, 4.69) is 44.3 Å². The summed E-state index contributed by atoms with van der Waals surface area (Å²) in [7, 11) is 0. The van der Waals surface area contributed by atoms with Crippen molar-refractivity contribution in [3.05, 3.63) is 59.3 Å². The van der Waals surface area contributed by atoms with Crippen LogP contribution in [-0.2, 0) is 17.6 Å². The summed E-state index contributed by atoms with van der Waals surface area (Å²) in [5, 5.41) is 18.0. The Kier molecular flexibility index (Phi) is 9.33. The highest BCUT2D eigenvalue weighted by Gasteiger charge is 2.35. The first kappa shape index (κ1) is 31.5. The maximum atomic E-state index is 14.1. The molecule has 4 aliphatic rings. The number of benzene rings is 2. The van der Waals surface area contributed by atoms with Gasteiger partial charge in [-0.05, 0) is 106 Å². The molecule has 1 aromatic heterocycles. The minimum absolute atomic E-state index is 0.00254. The predicted molar refractivity (Wildman–Crippen MR) is 182 cm³/mol. The van der Waals surface area contributed by atoms with Gasteiger partial charge < -0.3 is 30.7 Å². The van der Waals surface area contributed by atoms with E-state index in [9.17, 15) is 14.4 Å². The van der Waals surface area contributed by atoms with E-state index in [0.717, 1.165) is 84.6 Å². The van der Waals surface area contributed by atoms with Gasteiger partial charge in [-0.1, -0.05) is 24.3 Å². The number of carbonyl (C=O) groups excluding carboxylic acids is 3. The maximum Gasteiger partial charge on any atom is 0.322 e. The van der Waals surface area contributed by atoms with Crippen LogP contribution in [0.5, 0.6) is 0 Å². The molecule has 2 aromatic carbocycles. The normalized spacial score (nSPS) is 20.9. The lowest BCUT2D eigenvalue weighted by atomic mass is 9.79. The molecule has 4 N–H and O–H groups in total. The summed E-state index contributed by atoms with van der Waals surface area (Å²) in [5.41, 5.74) is 5.09. The highest BCUT2D eigenvalue weighted by atomic mass is 16.2. The van der Waals surface area contributed by atoms with E-state index in [1.165, 1.54) is 12.8 Å². The van der Waals surface area contributed by atoms with Gasteiger partial charge in [-0.3, -0.25) is 9.89 Å². The molecule has 5 amide bonds. The fourth-order valence-electron chi connectivity index (χ4n) is 8.35. The van der Waals surface area contributed by atoms with Crippen molar-refractivity contribution in [2.45, 2.75) is 70.4 Å². The zero-order valence-electron chi connectivity index (χ0n) is 27.5. The summed E-state index contributed by atoms with van der Waals surface area (Å²) in [6.45, 7) is 7.44. The van der Waals surface area contributed by atoms with Crippen LogP contribution in [0.1, 0.15) is 55.2 Å². The van der Waals surface area contributed by atoms with Crippen LogP contribution >= 0.6 is 0 Å². The summed E-state index contributed by atoms with van der Waals surface area (Å²) >= 11 is 0. The molecule has 3 aromatic rings. The van der Waals surface area contributed by atoms with Crippen LogP contribution in [0, 0.1) is 18.8 Å². The number of amides is 5. The third-order valence-corrected chi connectivity index (χ3v) is 11.1. The van der Waals surface area contributed by atoms with Crippen LogP contribution in [0.25, 0.3) is 10.9 Å². The van der Waals surface area contributed by atoms with Gasteiger partial charge in [0.1, 0.15) is 6.04 Å². The van der Waals surface area contributed by atoms with Crippen LogP contribution in [-0.4, -0.2) is 101 Å². The van der Waals surface area contributed by atoms with E-state index in [0.29, 0.717) is 44.8 Å². The second-order valence-electron chi connectivity index (χ2n) is 14.0. The maximum absolute atomic E-state index is 14.1. The number of H-pyrrole nitrogens is 1. The van der Waals surface area contributed by atoms with E-state index in [4.69, 9.17) is 0 Å². The first-order chi connectivity index (χ1) is 22.9. The lowest BCUT2D eigenvalue weighted by Gasteiger charge is -2.40. The molecule has 11 nitrogen and oxygen atoms in total. The molecule has 5 heterocycles. The van der Waals surface area contributed by atoms with Crippen molar-refractivity contribution in [3.8, 4) is 0 Å². The molecular formula is C36H48N8O3. The molecule has 3 saturated heterocycles. The number of hydrogen-bond acceptors (Lipinski definition) is 5. The number of aryl methyl sites for hydroxylation is 1. The zero-order chi connectivity index (χ0) is 32.3. The van der Waals surface area contributed by atoms with Crippen molar-refractivity contribution in [2.24, 2.45) is 11.8 Å². The smallest absolute Gasteiger partial charge is 0.322 e. The van der Waals surface area contributed by atoms with Gasteiger partial charge in [0.15, 0.2) is 0 Å². The van der Waals surface area contributed by atoms with E-state index < -0.39 is 6.04 Å². The quantitative estimate of drug-likeness (QED) is 0.320. The lowest BCUT2D eigenvalue weighted by Crippen LogP contribution is -2.57. The van der Waals surface area contributed by atoms with Crippen molar-refractivity contribution in [2.75, 3.05) is 51.1 Å². The minimum Gasteiger partial charge on any atom is -0.341 e. The summed E-state index contributed by atoms with van der Waals surface area (Å²) in [5.74, 6) is 1.41. The van der Waals surface area contributed by atoms with Gasteiger partial charge in [-0.2, -0.15) is 5.10 Å². The molecule has 3 fully saturated rings. The van der Waals surface area contributed by atoms with Crippen molar-refractivity contribution in [1.82, 2.24) is 35.5 Å². The topological polar surface area (TPSA) is 126 Å². The number of anilines is 1. The molecule has 0 radical (unpaired) electrons. The Labute approximate surface area is 276 Å². The number of carbonyl (C=O) groups is 3. The number of urea groups is 2. The average molecular weight is 641 g/mol. The van der Waals surface area contributed by atoms with Gasteiger partial charge in [-0.15, -0.1) is 0 Å². The highest BCUT2D eigenvalue weighted by molar-refractivity contribution is 5.91. The summed E-state index contributed by atoms with van der Waals surface area (Å²) in [4.78, 5) is 46.7. The molecule has 0 spiro atoms. The number of rotatable bonds is 6. The summed E-state index contributed by atoms with van der Waals surface area (Å²) < 4.78 is 0. The fourth-order valence-corrected chi connectivity index (χ4v) is 8.35. The Morgan fingerprint density at radius 3 is 2.45 bits per heavy atom. The highest BCUT2D eigenvalue weighted by Crippen LogP contribution is 2.31. The Hall–Kier alpha value is -4.12. The van der Waals surface area contributed by atoms with Crippen LogP contribution in [0.3, 0.4) is 0 Å². The molecule has 7 rings (SSSR count). The van der Waals surface area contributed by atoms with Gasteiger partial charge in [0.05, 0.1) is 11.7 Å². The van der Waals surface area contributed by atoms with Crippen molar-refractivity contribution >= 4 is 34.6 Å². The predicted octanol–water partition coefficient (Wildman–Crippen LogP) is 4.28. The molecular weight excluding hydrogens is 592 g/mol. The summed E-state index contributed by atoms with van der Waals surface area (Å²) in [6, 6.07) is 11.2. The van der Waals surface area contributed by atoms with Gasteiger partial charge in [0.2, 0.25) is 5.91 Å². The van der Waals surface area contributed by atoms with Crippen LogP contribution < -0.4 is 16.0 Å². The minimum atomic E-state index is -0.658. The average Bonchev–Trinajstić information content (AvgIpc) is 3.52. The molecule has 11 heteroatoms. The first-order valence-electron chi connectivity index (χ1n) is 17.6. The van der Waals surface area contributed by atoms with Gasteiger partial charge in [0, 0.05) is 56.3 Å². The number of nitrogens with one attached hydrogen (secondary N) is 4. The lowest BCUT2D eigenvalue weighted by molar-refractivity contribution is -0.135. The number of hydrogen-bond donors (Lipinski definition) is 4. The van der Waals surface area contributed by atoms with E-state index in [1.54, 1.807) is 6.20 Å². The molecule has 250 valence electrons. The number of aromatic nitrogens is 2. The van der Waals surface area contributed by atoms with E-state index in [-0.39, 0.29) is 24.0 Å².